The SMILES string of the molecule is CC.CC.CC.CN(C)CCCCNc1cc(=S)c1=O.CP. The first-order valence-electron chi connectivity index (χ1n) is 8.38. The second-order valence-electron chi connectivity index (χ2n) is 3.69. The Kier molecular flexibility index (Phi) is 34.6. The minimum absolute atomic E-state index is 0.00684. The summed E-state index contributed by atoms with van der Waals surface area (Å²) >= 11 is 4.75. The van der Waals surface area contributed by atoms with E-state index in [1.165, 1.54) is 0 Å². The lowest BCUT2D eigenvalue weighted by Gasteiger charge is -2.10. The predicted octanol–water partition coefficient (Wildman–Crippen LogP) is 4.98. The third-order valence-electron chi connectivity index (χ3n) is 2.09. The molecule has 1 rings (SSSR count). The van der Waals surface area contributed by atoms with Gasteiger partial charge in [-0.25, -0.2) is 0 Å². The van der Waals surface area contributed by atoms with E-state index in [1.54, 1.807) is 6.07 Å². The third kappa shape index (κ3) is 17.7. The summed E-state index contributed by atoms with van der Waals surface area (Å²) in [6.45, 7) is 15.9. The van der Waals surface area contributed by atoms with E-state index in [4.69, 9.17) is 12.2 Å². The molecule has 0 bridgehead atoms. The molecule has 0 saturated carbocycles. The van der Waals surface area contributed by atoms with Crippen LogP contribution in [0.15, 0.2) is 10.9 Å². The number of nitrogens with zero attached hydrogens (tertiary/aromatic N) is 1. The van der Waals surface area contributed by atoms with Gasteiger partial charge < -0.3 is 10.2 Å². The molecule has 0 amide bonds. The number of hydrogen-bond acceptors (Lipinski definition) is 4. The zero-order chi connectivity index (χ0) is 18.6. The average Bonchev–Trinajstić information content (AvgIpc) is 2.60. The van der Waals surface area contributed by atoms with Gasteiger partial charge in [-0.1, -0.05) is 60.4 Å². The first-order valence-corrected chi connectivity index (χ1v) is 9.94. The van der Waals surface area contributed by atoms with Gasteiger partial charge in [0.05, 0.1) is 10.2 Å². The summed E-state index contributed by atoms with van der Waals surface area (Å²) in [5.74, 6) is 0. The van der Waals surface area contributed by atoms with Gasteiger partial charge in [-0.15, -0.1) is 9.24 Å². The minimum Gasteiger partial charge on any atom is -0.382 e. The molecule has 0 spiro atoms. The molecule has 1 aromatic carbocycles. The first-order chi connectivity index (χ1) is 10.6. The largest absolute Gasteiger partial charge is 0.382 e. The Morgan fingerprint density at radius 2 is 1.50 bits per heavy atom. The van der Waals surface area contributed by atoms with Gasteiger partial charge in [0.2, 0.25) is 5.43 Å². The first kappa shape index (κ1) is 29.7. The summed E-state index contributed by atoms with van der Waals surface area (Å²) in [6.07, 6.45) is 2.22. The quantitative estimate of drug-likeness (QED) is 0.446. The van der Waals surface area contributed by atoms with Gasteiger partial charge in [0.1, 0.15) is 0 Å². The number of nitrogens with one attached hydrogen (secondary N) is 1. The lowest BCUT2D eigenvalue weighted by molar-refractivity contribution is 0.396. The van der Waals surface area contributed by atoms with Crippen molar-refractivity contribution in [1.82, 2.24) is 4.90 Å². The topological polar surface area (TPSA) is 32.3 Å². The van der Waals surface area contributed by atoms with Crippen LogP contribution >= 0.6 is 21.5 Å². The van der Waals surface area contributed by atoms with Gasteiger partial charge in [-0.2, -0.15) is 0 Å². The highest BCUT2D eigenvalue weighted by Crippen LogP contribution is 2.04. The average molecular weight is 351 g/mol. The lowest BCUT2D eigenvalue weighted by Crippen LogP contribution is -2.18. The van der Waals surface area contributed by atoms with Crippen molar-refractivity contribution in [3.8, 4) is 0 Å². The molecule has 0 heterocycles. The highest BCUT2D eigenvalue weighted by molar-refractivity contribution is 7.71. The van der Waals surface area contributed by atoms with Gasteiger partial charge in [0.25, 0.3) is 0 Å². The fourth-order valence-corrected chi connectivity index (χ4v) is 1.45. The van der Waals surface area contributed by atoms with Crippen molar-refractivity contribution in [2.24, 2.45) is 0 Å². The van der Waals surface area contributed by atoms with E-state index in [9.17, 15) is 4.79 Å². The summed E-state index contributed by atoms with van der Waals surface area (Å²) in [4.78, 5) is 13.2. The number of unbranched alkanes of at least 4 members (excludes halogenated alkanes) is 1. The van der Waals surface area contributed by atoms with Crippen LogP contribution in [0.25, 0.3) is 0 Å². The second-order valence-corrected chi connectivity index (χ2v) is 4.13. The smallest absolute Gasteiger partial charge is 0.219 e. The Hall–Kier alpha value is -0.310. The monoisotopic (exact) mass is 350 g/mol. The maximum atomic E-state index is 11.1. The molecule has 0 radical (unpaired) electrons. The van der Waals surface area contributed by atoms with Gasteiger partial charge in [0, 0.05) is 6.54 Å². The Morgan fingerprint density at radius 3 is 1.82 bits per heavy atom. The van der Waals surface area contributed by atoms with Gasteiger partial charge in [-0.05, 0) is 39.5 Å². The molecule has 22 heavy (non-hydrogen) atoms. The summed E-state index contributed by atoms with van der Waals surface area (Å²) in [5.41, 5.74) is 0.674. The van der Waals surface area contributed by atoms with E-state index < -0.39 is 0 Å². The van der Waals surface area contributed by atoms with Crippen molar-refractivity contribution >= 4 is 27.1 Å². The molecule has 0 aliphatic rings. The fourth-order valence-electron chi connectivity index (χ4n) is 1.22. The molecule has 0 saturated heterocycles. The van der Waals surface area contributed by atoms with Gasteiger partial charge in [-0.3, -0.25) is 4.79 Å². The van der Waals surface area contributed by atoms with E-state index in [-0.39, 0.29) is 5.43 Å². The zero-order valence-electron chi connectivity index (χ0n) is 16.2. The molecule has 3 nitrogen and oxygen atoms in total. The molecule has 134 valence electrons. The van der Waals surface area contributed by atoms with Crippen molar-refractivity contribution in [1.29, 1.82) is 0 Å². The molecule has 0 aliphatic heterocycles. The fraction of sp³-hybridized carbons (Fsp3) is 0.765. The molecular weight excluding hydrogens is 311 g/mol. The maximum Gasteiger partial charge on any atom is 0.219 e. The molecule has 0 aliphatic carbocycles. The van der Waals surface area contributed by atoms with Crippen LogP contribution in [0.2, 0.25) is 0 Å². The van der Waals surface area contributed by atoms with Crippen molar-refractivity contribution in [3.05, 3.63) is 20.8 Å². The normalized spacial score (nSPS) is 8.14. The summed E-state index contributed by atoms with van der Waals surface area (Å²) in [6, 6.07) is 1.73. The Labute approximate surface area is 146 Å². The zero-order valence-corrected chi connectivity index (χ0v) is 18.2. The maximum absolute atomic E-state index is 11.1. The summed E-state index contributed by atoms with van der Waals surface area (Å²) in [5, 5.41) is 3.08. The van der Waals surface area contributed by atoms with Crippen molar-refractivity contribution in [3.63, 3.8) is 0 Å². The Morgan fingerprint density at radius 1 is 1.05 bits per heavy atom. The van der Waals surface area contributed by atoms with Crippen LogP contribution in [0.3, 0.4) is 0 Å². The van der Waals surface area contributed by atoms with Crippen LogP contribution in [0, 0.1) is 4.51 Å². The number of anilines is 1. The molecule has 1 N–H and O–H groups in total. The molecule has 0 aromatic heterocycles. The van der Waals surface area contributed by atoms with E-state index >= 15 is 0 Å². The van der Waals surface area contributed by atoms with Crippen LogP contribution in [-0.2, 0) is 0 Å². The van der Waals surface area contributed by atoms with E-state index in [0.717, 1.165) is 25.9 Å². The standard InChI is InChI=1S/C10H16N2OS.3C2H6.CH5P/c1-12(2)6-4-3-5-11-8-7-9(14)10(8)13;4*1-2/h7,11H,3-6H2,1-2H3;3*1-2H3;2H2,1H3. The van der Waals surface area contributed by atoms with Crippen molar-refractivity contribution < 1.29 is 0 Å². The van der Waals surface area contributed by atoms with E-state index in [0.29, 0.717) is 10.2 Å². The minimum atomic E-state index is -0.00684. The number of rotatable bonds is 6. The van der Waals surface area contributed by atoms with Crippen molar-refractivity contribution in [2.45, 2.75) is 54.4 Å². The highest BCUT2D eigenvalue weighted by atomic mass is 32.1. The molecule has 0 fully saturated rings. The van der Waals surface area contributed by atoms with E-state index in [2.05, 4.69) is 33.6 Å². The summed E-state index contributed by atoms with van der Waals surface area (Å²) < 4.78 is 0.445. The third-order valence-corrected chi connectivity index (χ3v) is 2.39. The molecular formula is C17H39N2OPS. The molecule has 1 aromatic rings. The highest BCUT2D eigenvalue weighted by Gasteiger charge is 2.04. The predicted molar refractivity (Wildman–Crippen MR) is 112 cm³/mol. The van der Waals surface area contributed by atoms with Crippen LogP contribution in [0.1, 0.15) is 54.4 Å². The Balaban J connectivity index is -0.000000175. The second kappa shape index (κ2) is 25.6. The van der Waals surface area contributed by atoms with Gasteiger partial charge >= 0.3 is 0 Å². The Bertz CT molecular complexity index is 361. The van der Waals surface area contributed by atoms with E-state index in [1.807, 2.05) is 48.2 Å². The van der Waals surface area contributed by atoms with Crippen molar-refractivity contribution in [2.75, 3.05) is 39.2 Å². The van der Waals surface area contributed by atoms with Crippen LogP contribution in [-0.4, -0.2) is 38.7 Å². The lowest BCUT2D eigenvalue weighted by atomic mass is 10.2. The molecule has 1 atom stereocenters. The summed E-state index contributed by atoms with van der Waals surface area (Å²) in [7, 11) is 6.54. The number of hydrogen-bond donors (Lipinski definition) is 1. The van der Waals surface area contributed by atoms with Crippen LogP contribution < -0.4 is 10.7 Å². The molecule has 5 heteroatoms. The van der Waals surface area contributed by atoms with Gasteiger partial charge in [0.15, 0.2) is 0 Å². The van der Waals surface area contributed by atoms with Crippen LogP contribution in [0.5, 0.6) is 0 Å². The molecule has 1 unspecified atom stereocenters. The van der Waals surface area contributed by atoms with Crippen LogP contribution in [0.4, 0.5) is 5.69 Å².